The maximum absolute atomic E-state index is 13.7. The van der Waals surface area contributed by atoms with Crippen LogP contribution in [0, 0.1) is 6.01 Å². The highest BCUT2D eigenvalue weighted by Crippen LogP contribution is 2.31. The Balaban J connectivity index is 1.08. The van der Waals surface area contributed by atoms with E-state index in [4.69, 9.17) is 25.5 Å². The molecule has 1 atom stereocenters. The largest absolute Gasteiger partial charge is 0.477 e. The SMILES string of the molecule is O=C(O)c1ccc2nc(CN3CCC(c4cccc(OCc5ccc(Cl)c6cc(F)oc56)n4)=CC3=O)n(C[C@@H]3CCO3)c2n1. The molecule has 0 unspecified atom stereocenters. The third kappa shape index (κ3) is 5.38. The fourth-order valence-electron chi connectivity index (χ4n) is 5.38. The first-order chi connectivity index (χ1) is 21.3. The molecule has 1 amide bonds. The molecule has 6 heterocycles. The fourth-order valence-corrected chi connectivity index (χ4v) is 5.58. The van der Waals surface area contributed by atoms with Crippen molar-refractivity contribution in [2.24, 2.45) is 0 Å². The minimum atomic E-state index is -1.12. The number of hydrogen-bond donors (Lipinski definition) is 1. The number of pyridine rings is 2. The molecule has 5 aromatic rings. The Morgan fingerprint density at radius 3 is 2.80 bits per heavy atom. The Kier molecular flexibility index (Phi) is 7.23. The number of nitrogens with zero attached hydrogens (tertiary/aromatic N) is 5. The van der Waals surface area contributed by atoms with Crippen LogP contribution in [0.4, 0.5) is 4.39 Å². The van der Waals surface area contributed by atoms with Crippen LogP contribution in [0.15, 0.2) is 59.0 Å². The molecule has 1 aromatic carbocycles. The Morgan fingerprint density at radius 2 is 2.02 bits per heavy atom. The van der Waals surface area contributed by atoms with Gasteiger partial charge in [0.05, 0.1) is 29.9 Å². The molecule has 11 nitrogen and oxygen atoms in total. The third-order valence-corrected chi connectivity index (χ3v) is 8.10. The van der Waals surface area contributed by atoms with Crippen molar-refractivity contribution >= 4 is 51.2 Å². The van der Waals surface area contributed by atoms with Crippen LogP contribution in [-0.2, 0) is 29.2 Å². The van der Waals surface area contributed by atoms with Gasteiger partial charge in [0, 0.05) is 42.3 Å². The molecule has 0 aliphatic carbocycles. The lowest BCUT2D eigenvalue weighted by atomic mass is 10.0. The number of rotatable bonds is 9. The van der Waals surface area contributed by atoms with E-state index >= 15 is 0 Å². The van der Waals surface area contributed by atoms with Gasteiger partial charge in [-0.15, -0.1) is 0 Å². The summed E-state index contributed by atoms with van der Waals surface area (Å²) < 4.78 is 32.3. The van der Waals surface area contributed by atoms with Crippen LogP contribution in [0.1, 0.15) is 40.4 Å². The lowest BCUT2D eigenvalue weighted by molar-refractivity contribution is -0.127. The van der Waals surface area contributed by atoms with Crippen molar-refractivity contribution in [3.8, 4) is 5.88 Å². The number of fused-ring (bicyclic) bond motifs is 2. The van der Waals surface area contributed by atoms with Gasteiger partial charge in [-0.05, 0) is 42.7 Å². The van der Waals surface area contributed by atoms with Gasteiger partial charge in [0.25, 0.3) is 6.01 Å². The molecule has 44 heavy (non-hydrogen) atoms. The number of halogens is 2. The predicted molar refractivity (Wildman–Crippen MR) is 157 cm³/mol. The van der Waals surface area contributed by atoms with E-state index in [0.29, 0.717) is 76.2 Å². The molecule has 1 N–H and O–H groups in total. The van der Waals surface area contributed by atoms with E-state index < -0.39 is 12.0 Å². The highest BCUT2D eigenvalue weighted by molar-refractivity contribution is 6.35. The van der Waals surface area contributed by atoms with Gasteiger partial charge in [0.1, 0.15) is 23.5 Å². The normalized spacial score (nSPS) is 16.8. The molecule has 224 valence electrons. The number of aromatic nitrogens is 4. The van der Waals surface area contributed by atoms with Crippen molar-refractivity contribution in [1.82, 2.24) is 24.4 Å². The average molecular weight is 618 g/mol. The number of benzene rings is 1. The van der Waals surface area contributed by atoms with Crippen molar-refractivity contribution in [3.05, 3.63) is 88.4 Å². The monoisotopic (exact) mass is 617 g/mol. The van der Waals surface area contributed by atoms with E-state index in [1.807, 2.05) is 10.6 Å². The number of hydrogen-bond acceptors (Lipinski definition) is 8. The predicted octanol–water partition coefficient (Wildman–Crippen LogP) is 5.25. The Morgan fingerprint density at radius 1 is 1.16 bits per heavy atom. The van der Waals surface area contributed by atoms with E-state index in [1.54, 1.807) is 41.3 Å². The minimum Gasteiger partial charge on any atom is -0.477 e. The summed E-state index contributed by atoms with van der Waals surface area (Å²) in [6, 6.07) is 12.2. The molecule has 4 aromatic heterocycles. The lowest BCUT2D eigenvalue weighted by Crippen LogP contribution is -2.36. The summed E-state index contributed by atoms with van der Waals surface area (Å²) in [4.78, 5) is 40.1. The highest BCUT2D eigenvalue weighted by Gasteiger charge is 2.26. The van der Waals surface area contributed by atoms with Crippen LogP contribution in [0.3, 0.4) is 0 Å². The van der Waals surface area contributed by atoms with E-state index in [1.165, 1.54) is 12.1 Å². The molecular formula is C31H25ClFN5O6. The van der Waals surface area contributed by atoms with Gasteiger partial charge in [-0.1, -0.05) is 23.7 Å². The second kappa shape index (κ2) is 11.4. The van der Waals surface area contributed by atoms with Crippen molar-refractivity contribution < 1.29 is 33.0 Å². The molecule has 1 saturated heterocycles. The van der Waals surface area contributed by atoms with Gasteiger partial charge >= 0.3 is 5.97 Å². The van der Waals surface area contributed by atoms with Crippen molar-refractivity contribution in [3.63, 3.8) is 0 Å². The quantitative estimate of drug-likeness (QED) is 0.235. The Bertz CT molecular complexity index is 1970. The van der Waals surface area contributed by atoms with Gasteiger partial charge in [0.2, 0.25) is 11.8 Å². The summed E-state index contributed by atoms with van der Waals surface area (Å²) in [5.74, 6) is -0.366. The summed E-state index contributed by atoms with van der Waals surface area (Å²) in [6.07, 6.45) is 2.98. The number of carbonyl (C=O) groups is 2. The number of carboxylic acids is 1. The summed E-state index contributed by atoms with van der Waals surface area (Å²) >= 11 is 6.16. The standard InChI is InChI=1S/C31H25ClFN5O6/c32-21-5-4-18(29-20(21)13-25(33)44-29)16-43-27-3-1-2-22(35-27)17-8-10-37(28(39)12-17)15-26-34-23-6-7-24(31(40)41)36-30(23)38(26)14-19-9-11-42-19/h1-7,12-13,19H,8-11,14-16H2,(H,40,41)/t19-/m0/s1. The maximum Gasteiger partial charge on any atom is 0.354 e. The summed E-state index contributed by atoms with van der Waals surface area (Å²) in [6.45, 7) is 1.89. The van der Waals surface area contributed by atoms with Crippen LogP contribution in [0.2, 0.25) is 5.02 Å². The molecule has 0 radical (unpaired) electrons. The van der Waals surface area contributed by atoms with Crippen molar-refractivity contribution in [2.45, 2.75) is 38.6 Å². The molecule has 0 bridgehead atoms. The van der Waals surface area contributed by atoms with Crippen LogP contribution in [0.25, 0.3) is 27.7 Å². The van der Waals surface area contributed by atoms with Gasteiger partial charge in [0.15, 0.2) is 11.3 Å². The van der Waals surface area contributed by atoms with E-state index in [9.17, 15) is 19.1 Å². The summed E-state index contributed by atoms with van der Waals surface area (Å²) in [7, 11) is 0. The number of ether oxygens (including phenoxy) is 2. The van der Waals surface area contributed by atoms with Gasteiger partial charge in [-0.2, -0.15) is 4.39 Å². The highest BCUT2D eigenvalue weighted by atomic mass is 35.5. The molecule has 2 aliphatic heterocycles. The Hall–Kier alpha value is -4.81. The number of aromatic carboxylic acids is 1. The lowest BCUT2D eigenvalue weighted by Gasteiger charge is -2.29. The van der Waals surface area contributed by atoms with Crippen molar-refractivity contribution in [2.75, 3.05) is 13.2 Å². The molecular weight excluding hydrogens is 593 g/mol. The van der Waals surface area contributed by atoms with E-state index in [2.05, 4.69) is 15.0 Å². The first-order valence-corrected chi connectivity index (χ1v) is 14.4. The van der Waals surface area contributed by atoms with E-state index in [-0.39, 0.29) is 30.9 Å². The van der Waals surface area contributed by atoms with Crippen LogP contribution >= 0.6 is 11.6 Å². The number of carboxylic acid groups (broad SMARTS) is 1. The zero-order valence-electron chi connectivity index (χ0n) is 23.2. The third-order valence-electron chi connectivity index (χ3n) is 7.77. The fraction of sp³-hybridized carbons (Fsp3) is 0.258. The Labute approximate surface area is 254 Å². The second-order valence-electron chi connectivity index (χ2n) is 10.6. The molecule has 0 spiro atoms. The van der Waals surface area contributed by atoms with Gasteiger partial charge < -0.3 is 28.5 Å². The molecule has 0 saturated carbocycles. The van der Waals surface area contributed by atoms with E-state index in [0.717, 1.165) is 12.0 Å². The number of furan rings is 1. The van der Waals surface area contributed by atoms with Crippen molar-refractivity contribution in [1.29, 1.82) is 0 Å². The smallest absolute Gasteiger partial charge is 0.354 e. The second-order valence-corrected chi connectivity index (χ2v) is 11.0. The topological polar surface area (TPSA) is 133 Å². The number of carbonyl (C=O) groups excluding carboxylic acids is 1. The zero-order valence-corrected chi connectivity index (χ0v) is 24.0. The first-order valence-electron chi connectivity index (χ1n) is 14.0. The van der Waals surface area contributed by atoms with Crippen LogP contribution < -0.4 is 4.74 Å². The first kappa shape index (κ1) is 28.0. The molecule has 7 rings (SSSR count). The van der Waals surface area contributed by atoms with Crippen LogP contribution in [-0.4, -0.2) is 60.7 Å². The van der Waals surface area contributed by atoms with Crippen LogP contribution in [0.5, 0.6) is 5.88 Å². The molecule has 13 heteroatoms. The minimum absolute atomic E-state index is 0.0171. The maximum atomic E-state index is 13.7. The number of amides is 1. The number of imidazole rings is 1. The summed E-state index contributed by atoms with van der Waals surface area (Å²) in [5.41, 5.74) is 3.25. The van der Waals surface area contributed by atoms with Gasteiger partial charge in [-0.3, -0.25) is 4.79 Å². The summed E-state index contributed by atoms with van der Waals surface area (Å²) in [5, 5.41) is 10.3. The average Bonchev–Trinajstić information content (AvgIpc) is 3.55. The zero-order chi connectivity index (χ0) is 30.4. The molecule has 1 fully saturated rings. The van der Waals surface area contributed by atoms with Gasteiger partial charge in [-0.25, -0.2) is 19.7 Å². The molecule has 2 aliphatic rings.